The van der Waals surface area contributed by atoms with Crippen molar-refractivity contribution in [2.75, 3.05) is 13.1 Å². The lowest BCUT2D eigenvalue weighted by Crippen LogP contribution is -2.33. The zero-order valence-corrected chi connectivity index (χ0v) is 14.2. The van der Waals surface area contributed by atoms with E-state index in [1.54, 1.807) is 18.2 Å². The zero-order chi connectivity index (χ0) is 15.2. The molecule has 21 heavy (non-hydrogen) atoms. The van der Waals surface area contributed by atoms with Gasteiger partial charge in [0.15, 0.2) is 0 Å². The number of rotatable bonds is 5. The highest BCUT2D eigenvalue weighted by Gasteiger charge is 2.16. The Kier molecular flexibility index (Phi) is 5.83. The van der Waals surface area contributed by atoms with Crippen LogP contribution in [0.5, 0.6) is 0 Å². The Balaban J connectivity index is 2.08. The summed E-state index contributed by atoms with van der Waals surface area (Å²) in [6.07, 6.45) is 0.853. The van der Waals surface area contributed by atoms with Crippen LogP contribution in [0.4, 0.5) is 0 Å². The zero-order valence-electron chi connectivity index (χ0n) is 11.9. The van der Waals surface area contributed by atoms with E-state index in [2.05, 4.69) is 28.1 Å². The van der Waals surface area contributed by atoms with Gasteiger partial charge >= 0.3 is 0 Å². The lowest BCUT2D eigenvalue weighted by Gasteiger charge is -2.21. The van der Waals surface area contributed by atoms with Crippen molar-refractivity contribution in [1.82, 2.24) is 4.90 Å². The Morgan fingerprint density at radius 2 is 1.90 bits per heavy atom. The van der Waals surface area contributed by atoms with Crippen LogP contribution in [0.15, 0.2) is 53.0 Å². The van der Waals surface area contributed by atoms with Gasteiger partial charge in [-0.25, -0.2) is 0 Å². The van der Waals surface area contributed by atoms with Gasteiger partial charge in [-0.2, -0.15) is 0 Å². The first-order valence-electron chi connectivity index (χ1n) is 6.90. The maximum atomic E-state index is 12.6. The summed E-state index contributed by atoms with van der Waals surface area (Å²) in [5.41, 5.74) is 1.88. The molecule has 0 aliphatic carbocycles. The summed E-state index contributed by atoms with van der Waals surface area (Å²) < 4.78 is 0.734. The van der Waals surface area contributed by atoms with Crippen LogP contribution in [0.3, 0.4) is 0 Å². The molecule has 2 nitrogen and oxygen atoms in total. The minimum atomic E-state index is 0.0250. The van der Waals surface area contributed by atoms with Crippen LogP contribution in [0.1, 0.15) is 22.8 Å². The Bertz CT molecular complexity index is 615. The van der Waals surface area contributed by atoms with E-state index >= 15 is 0 Å². The van der Waals surface area contributed by atoms with Crippen molar-refractivity contribution in [1.29, 1.82) is 0 Å². The minimum Gasteiger partial charge on any atom is -0.339 e. The number of hydrogen-bond acceptors (Lipinski definition) is 1. The van der Waals surface area contributed by atoms with Crippen LogP contribution in [0.25, 0.3) is 0 Å². The predicted octanol–water partition coefficient (Wildman–Crippen LogP) is 4.81. The third kappa shape index (κ3) is 4.32. The van der Waals surface area contributed by atoms with Crippen molar-refractivity contribution >= 4 is 33.4 Å². The Hall–Kier alpha value is -1.32. The Morgan fingerprint density at radius 1 is 1.19 bits per heavy atom. The fourth-order valence-electron chi connectivity index (χ4n) is 2.15. The lowest BCUT2D eigenvalue weighted by atomic mass is 10.1. The SMILES string of the molecule is CCN(CCc1ccccc1)C(=O)c1ccc(Cl)cc1Br. The summed E-state index contributed by atoms with van der Waals surface area (Å²) in [4.78, 5) is 14.4. The van der Waals surface area contributed by atoms with Gasteiger partial charge in [0.2, 0.25) is 0 Å². The summed E-state index contributed by atoms with van der Waals surface area (Å²) in [5, 5.41) is 0.616. The van der Waals surface area contributed by atoms with Crippen molar-refractivity contribution in [2.24, 2.45) is 0 Å². The molecule has 0 atom stereocenters. The molecule has 0 saturated heterocycles. The van der Waals surface area contributed by atoms with Crippen LogP contribution in [0.2, 0.25) is 5.02 Å². The van der Waals surface area contributed by atoms with Crippen LogP contribution >= 0.6 is 27.5 Å². The molecule has 2 rings (SSSR count). The Labute approximate surface area is 138 Å². The van der Waals surface area contributed by atoms with Gasteiger partial charge in [-0.1, -0.05) is 41.9 Å². The molecule has 0 spiro atoms. The average Bonchev–Trinajstić information content (AvgIpc) is 2.48. The fourth-order valence-corrected chi connectivity index (χ4v) is 3.00. The first-order chi connectivity index (χ1) is 10.1. The summed E-state index contributed by atoms with van der Waals surface area (Å²) in [6, 6.07) is 15.4. The molecule has 110 valence electrons. The van der Waals surface area contributed by atoms with Crippen molar-refractivity contribution in [3.8, 4) is 0 Å². The maximum absolute atomic E-state index is 12.6. The molecule has 0 unspecified atom stereocenters. The number of nitrogens with zero attached hydrogens (tertiary/aromatic N) is 1. The number of halogens is 2. The molecule has 0 fully saturated rings. The minimum absolute atomic E-state index is 0.0250. The van der Waals surface area contributed by atoms with E-state index in [-0.39, 0.29) is 5.91 Å². The van der Waals surface area contributed by atoms with E-state index in [0.29, 0.717) is 23.7 Å². The number of hydrogen-bond donors (Lipinski definition) is 0. The van der Waals surface area contributed by atoms with Gasteiger partial charge < -0.3 is 4.90 Å². The van der Waals surface area contributed by atoms with Crippen LogP contribution in [0, 0.1) is 0 Å². The maximum Gasteiger partial charge on any atom is 0.255 e. The molecule has 2 aromatic rings. The molecule has 0 saturated carbocycles. The second-order valence-electron chi connectivity index (χ2n) is 4.74. The third-order valence-corrected chi connectivity index (χ3v) is 4.23. The normalized spacial score (nSPS) is 10.4. The topological polar surface area (TPSA) is 20.3 Å². The number of amides is 1. The summed E-state index contributed by atoms with van der Waals surface area (Å²) in [5.74, 6) is 0.0250. The molecule has 1 amide bonds. The lowest BCUT2D eigenvalue weighted by molar-refractivity contribution is 0.0765. The Morgan fingerprint density at radius 3 is 2.52 bits per heavy atom. The van der Waals surface area contributed by atoms with E-state index in [9.17, 15) is 4.79 Å². The van der Waals surface area contributed by atoms with Gasteiger partial charge in [0, 0.05) is 22.6 Å². The molecule has 0 aliphatic heterocycles. The van der Waals surface area contributed by atoms with Crippen LogP contribution in [-0.2, 0) is 6.42 Å². The van der Waals surface area contributed by atoms with Gasteiger partial charge in [-0.15, -0.1) is 0 Å². The van der Waals surface area contributed by atoms with E-state index in [1.807, 2.05) is 30.0 Å². The third-order valence-electron chi connectivity index (χ3n) is 3.34. The second-order valence-corrected chi connectivity index (χ2v) is 6.04. The fraction of sp³-hybridized carbons (Fsp3) is 0.235. The summed E-state index contributed by atoms with van der Waals surface area (Å²) >= 11 is 9.33. The molecule has 0 bridgehead atoms. The quantitative estimate of drug-likeness (QED) is 0.744. The van der Waals surface area contributed by atoms with Gasteiger partial charge in [-0.3, -0.25) is 4.79 Å². The number of likely N-dealkylation sites (N-methyl/N-ethyl adjacent to an activating group) is 1. The molecule has 0 heterocycles. The number of benzene rings is 2. The molecule has 2 aromatic carbocycles. The smallest absolute Gasteiger partial charge is 0.255 e. The highest BCUT2D eigenvalue weighted by Crippen LogP contribution is 2.23. The summed E-state index contributed by atoms with van der Waals surface area (Å²) in [6.45, 7) is 3.38. The second kappa shape index (κ2) is 7.62. The van der Waals surface area contributed by atoms with Crippen molar-refractivity contribution < 1.29 is 4.79 Å². The van der Waals surface area contributed by atoms with Crippen LogP contribution in [-0.4, -0.2) is 23.9 Å². The molecule has 0 aliphatic rings. The van der Waals surface area contributed by atoms with Crippen molar-refractivity contribution in [3.63, 3.8) is 0 Å². The molecule has 0 N–H and O–H groups in total. The monoisotopic (exact) mass is 365 g/mol. The number of carbonyl (C=O) groups excluding carboxylic acids is 1. The van der Waals surface area contributed by atoms with Gasteiger partial charge in [0.05, 0.1) is 5.56 Å². The van der Waals surface area contributed by atoms with E-state index in [4.69, 9.17) is 11.6 Å². The van der Waals surface area contributed by atoms with E-state index in [0.717, 1.165) is 10.9 Å². The van der Waals surface area contributed by atoms with Crippen molar-refractivity contribution in [2.45, 2.75) is 13.3 Å². The molecular formula is C17H17BrClNO. The standard InChI is InChI=1S/C17H17BrClNO/c1-2-20(11-10-13-6-4-3-5-7-13)17(21)15-9-8-14(19)12-16(15)18/h3-9,12H,2,10-11H2,1H3. The molecule has 0 radical (unpaired) electrons. The van der Waals surface area contributed by atoms with Crippen molar-refractivity contribution in [3.05, 3.63) is 69.2 Å². The van der Waals surface area contributed by atoms with Gasteiger partial charge in [-0.05, 0) is 53.0 Å². The summed E-state index contributed by atoms with van der Waals surface area (Å²) in [7, 11) is 0. The molecular weight excluding hydrogens is 350 g/mol. The van der Waals surface area contributed by atoms with Crippen LogP contribution < -0.4 is 0 Å². The van der Waals surface area contributed by atoms with Gasteiger partial charge in [0.25, 0.3) is 5.91 Å². The highest BCUT2D eigenvalue weighted by molar-refractivity contribution is 9.10. The largest absolute Gasteiger partial charge is 0.339 e. The first-order valence-corrected chi connectivity index (χ1v) is 8.07. The first kappa shape index (κ1) is 16.1. The van der Waals surface area contributed by atoms with Gasteiger partial charge in [0.1, 0.15) is 0 Å². The molecule has 4 heteroatoms. The van der Waals surface area contributed by atoms with E-state index < -0.39 is 0 Å². The molecule has 0 aromatic heterocycles. The number of carbonyl (C=O) groups is 1. The van der Waals surface area contributed by atoms with E-state index in [1.165, 1.54) is 5.56 Å². The highest BCUT2D eigenvalue weighted by atomic mass is 79.9. The predicted molar refractivity (Wildman–Crippen MR) is 90.9 cm³/mol. The average molecular weight is 367 g/mol.